The molecule has 2 rings (SSSR count). The van der Waals surface area contributed by atoms with Crippen molar-refractivity contribution >= 4 is 29.1 Å². The summed E-state index contributed by atoms with van der Waals surface area (Å²) in [6.07, 6.45) is 3.11. The normalized spacial score (nSPS) is 9.78. The van der Waals surface area contributed by atoms with Crippen molar-refractivity contribution in [2.45, 2.75) is 0 Å². The lowest BCUT2D eigenvalue weighted by Crippen LogP contribution is -2.15. The van der Waals surface area contributed by atoms with Crippen molar-refractivity contribution in [3.63, 3.8) is 0 Å². The number of nitrogens with one attached hydrogen (secondary N) is 1. The second kappa shape index (κ2) is 5.33. The molecule has 90 valence electrons. The van der Waals surface area contributed by atoms with Crippen LogP contribution in [0.4, 0.5) is 5.95 Å². The lowest BCUT2D eigenvalue weighted by Gasteiger charge is -2.04. The lowest BCUT2D eigenvalue weighted by molar-refractivity contribution is 0.102. The molecule has 1 heterocycles. The van der Waals surface area contributed by atoms with Crippen LogP contribution in [0, 0.1) is 0 Å². The molecular weight excluding hydrogens is 248 g/mol. The third-order valence-electron chi connectivity index (χ3n) is 2.22. The third-order valence-corrected chi connectivity index (χ3v) is 2.46. The van der Waals surface area contributed by atoms with Crippen LogP contribution in [-0.4, -0.2) is 20.9 Å². The number of nitrogens with two attached hydrogens (primary N) is 1. The zero-order valence-corrected chi connectivity index (χ0v) is 10.1. The van der Waals surface area contributed by atoms with Gasteiger partial charge in [-0.25, -0.2) is 9.97 Å². The van der Waals surface area contributed by atoms with Crippen LogP contribution in [0.15, 0.2) is 42.7 Å². The van der Waals surface area contributed by atoms with Gasteiger partial charge in [0.05, 0.1) is 0 Å². The molecule has 0 aliphatic carbocycles. The maximum absolute atomic E-state index is 11.8. The van der Waals surface area contributed by atoms with Crippen LogP contribution < -0.4 is 11.1 Å². The highest BCUT2D eigenvalue weighted by atomic mass is 32.1. The Morgan fingerprint density at radius 2 is 1.67 bits per heavy atom. The van der Waals surface area contributed by atoms with E-state index in [-0.39, 0.29) is 11.9 Å². The smallest absolute Gasteiger partial charge is 0.258 e. The fourth-order valence-corrected chi connectivity index (χ4v) is 1.46. The Bertz CT molecular complexity index is 568. The number of anilines is 1. The molecule has 6 heteroatoms. The molecule has 0 atom stereocenters. The highest BCUT2D eigenvalue weighted by Gasteiger charge is 2.07. The molecule has 0 unspecified atom stereocenters. The monoisotopic (exact) mass is 258 g/mol. The third kappa shape index (κ3) is 2.86. The molecule has 0 saturated carbocycles. The van der Waals surface area contributed by atoms with Crippen molar-refractivity contribution in [3.05, 3.63) is 53.9 Å². The quantitative estimate of drug-likeness (QED) is 0.812. The fraction of sp³-hybridized carbons (Fsp3) is 0. The molecule has 0 radical (unpaired) electrons. The van der Waals surface area contributed by atoms with E-state index >= 15 is 0 Å². The fourth-order valence-electron chi connectivity index (χ4n) is 1.32. The molecule has 5 nitrogen and oxygen atoms in total. The maximum Gasteiger partial charge on any atom is 0.258 e. The highest BCUT2D eigenvalue weighted by molar-refractivity contribution is 7.80. The summed E-state index contributed by atoms with van der Waals surface area (Å²) in [6.45, 7) is 0. The van der Waals surface area contributed by atoms with Gasteiger partial charge in [-0.15, -0.1) is 0 Å². The van der Waals surface area contributed by atoms with Gasteiger partial charge in [0.1, 0.15) is 4.99 Å². The van der Waals surface area contributed by atoms with Crippen LogP contribution in [-0.2, 0) is 0 Å². The first-order valence-electron chi connectivity index (χ1n) is 5.15. The Morgan fingerprint density at radius 3 is 2.22 bits per heavy atom. The Balaban J connectivity index is 2.12. The van der Waals surface area contributed by atoms with Crippen LogP contribution in [0.3, 0.4) is 0 Å². The van der Waals surface area contributed by atoms with Crippen LogP contribution >= 0.6 is 12.2 Å². The predicted molar refractivity (Wildman–Crippen MR) is 72.3 cm³/mol. The van der Waals surface area contributed by atoms with E-state index in [0.29, 0.717) is 10.6 Å². The minimum absolute atomic E-state index is 0.265. The topological polar surface area (TPSA) is 80.9 Å². The van der Waals surface area contributed by atoms with Gasteiger partial charge in [0.2, 0.25) is 5.95 Å². The van der Waals surface area contributed by atoms with Crippen molar-refractivity contribution in [2.24, 2.45) is 5.73 Å². The summed E-state index contributed by atoms with van der Waals surface area (Å²) in [6, 6.07) is 8.36. The van der Waals surface area contributed by atoms with Gasteiger partial charge in [0, 0.05) is 23.5 Å². The van der Waals surface area contributed by atoms with E-state index < -0.39 is 0 Å². The molecule has 0 saturated heterocycles. The van der Waals surface area contributed by atoms with Crippen LogP contribution in [0.5, 0.6) is 0 Å². The Labute approximate surface area is 109 Å². The number of carbonyl (C=O) groups is 1. The molecule has 1 aromatic heterocycles. The van der Waals surface area contributed by atoms with Crippen LogP contribution in [0.2, 0.25) is 0 Å². The number of hydrogen-bond donors (Lipinski definition) is 2. The number of nitrogens with zero attached hydrogens (tertiary/aromatic N) is 2. The molecule has 0 fully saturated rings. The van der Waals surface area contributed by atoms with E-state index in [2.05, 4.69) is 15.3 Å². The first-order chi connectivity index (χ1) is 8.66. The number of thiocarbonyl (C=S) groups is 1. The molecular formula is C12H10N4OS. The molecule has 2 aromatic rings. The van der Waals surface area contributed by atoms with E-state index in [4.69, 9.17) is 18.0 Å². The number of hydrogen-bond acceptors (Lipinski definition) is 4. The number of aromatic nitrogens is 2. The van der Waals surface area contributed by atoms with E-state index in [1.807, 2.05) is 0 Å². The summed E-state index contributed by atoms with van der Waals surface area (Å²) in [5, 5.41) is 2.58. The van der Waals surface area contributed by atoms with Gasteiger partial charge >= 0.3 is 0 Å². The standard InChI is InChI=1S/C12H10N4OS/c13-10(18)8-2-4-9(5-3-8)11(17)16-12-14-6-1-7-15-12/h1-7H,(H2,13,18)(H,14,15,16,17). The van der Waals surface area contributed by atoms with Crippen LogP contribution in [0.25, 0.3) is 0 Å². The molecule has 0 aliphatic rings. The Morgan fingerprint density at radius 1 is 1.11 bits per heavy atom. The average Bonchev–Trinajstić information content (AvgIpc) is 2.40. The van der Waals surface area contributed by atoms with E-state index in [1.165, 1.54) is 0 Å². The molecule has 1 amide bonds. The molecule has 1 aromatic carbocycles. The van der Waals surface area contributed by atoms with Gasteiger partial charge < -0.3 is 5.73 Å². The van der Waals surface area contributed by atoms with E-state index in [0.717, 1.165) is 5.56 Å². The van der Waals surface area contributed by atoms with Gasteiger partial charge in [-0.05, 0) is 18.2 Å². The Hall–Kier alpha value is -2.34. The molecule has 18 heavy (non-hydrogen) atoms. The van der Waals surface area contributed by atoms with Gasteiger partial charge in [0.25, 0.3) is 5.91 Å². The second-order valence-electron chi connectivity index (χ2n) is 3.47. The molecule has 0 spiro atoms. The summed E-state index contributed by atoms with van der Waals surface area (Å²) in [4.78, 5) is 20.0. The number of benzene rings is 1. The summed E-state index contributed by atoms with van der Waals surface area (Å²) in [5.74, 6) is -0.0170. The second-order valence-corrected chi connectivity index (χ2v) is 3.91. The van der Waals surface area contributed by atoms with Gasteiger partial charge in [-0.2, -0.15) is 0 Å². The largest absolute Gasteiger partial charge is 0.389 e. The predicted octanol–water partition coefficient (Wildman–Crippen LogP) is 1.36. The van der Waals surface area contributed by atoms with Gasteiger partial charge in [-0.3, -0.25) is 10.1 Å². The molecule has 3 N–H and O–H groups in total. The minimum atomic E-state index is -0.282. The first-order valence-corrected chi connectivity index (χ1v) is 5.56. The minimum Gasteiger partial charge on any atom is -0.389 e. The molecule has 0 aliphatic heterocycles. The summed E-state index contributed by atoms with van der Waals surface area (Å²) >= 11 is 4.83. The summed E-state index contributed by atoms with van der Waals surface area (Å²) in [7, 11) is 0. The summed E-state index contributed by atoms with van der Waals surface area (Å²) < 4.78 is 0. The van der Waals surface area contributed by atoms with Crippen molar-refractivity contribution in [2.75, 3.05) is 5.32 Å². The lowest BCUT2D eigenvalue weighted by atomic mass is 10.1. The zero-order chi connectivity index (χ0) is 13.0. The summed E-state index contributed by atoms with van der Waals surface area (Å²) in [5.41, 5.74) is 6.68. The van der Waals surface area contributed by atoms with Crippen molar-refractivity contribution in [1.82, 2.24) is 9.97 Å². The Kier molecular flexibility index (Phi) is 3.59. The van der Waals surface area contributed by atoms with Crippen molar-refractivity contribution in [3.8, 4) is 0 Å². The number of amides is 1. The SMILES string of the molecule is NC(=S)c1ccc(C(=O)Nc2ncccn2)cc1. The molecule has 0 bridgehead atoms. The van der Waals surface area contributed by atoms with Crippen molar-refractivity contribution in [1.29, 1.82) is 0 Å². The number of carbonyl (C=O) groups excluding carboxylic acids is 1. The van der Waals surface area contributed by atoms with Crippen molar-refractivity contribution < 1.29 is 4.79 Å². The first kappa shape index (κ1) is 12.1. The van der Waals surface area contributed by atoms with E-state index in [1.54, 1.807) is 42.7 Å². The van der Waals surface area contributed by atoms with E-state index in [9.17, 15) is 4.79 Å². The highest BCUT2D eigenvalue weighted by Crippen LogP contribution is 2.06. The zero-order valence-electron chi connectivity index (χ0n) is 9.33. The van der Waals surface area contributed by atoms with Crippen LogP contribution in [0.1, 0.15) is 15.9 Å². The number of rotatable bonds is 3. The van der Waals surface area contributed by atoms with Gasteiger partial charge in [0.15, 0.2) is 0 Å². The van der Waals surface area contributed by atoms with Gasteiger partial charge in [-0.1, -0.05) is 24.4 Å². The maximum atomic E-state index is 11.8. The average molecular weight is 258 g/mol.